The molecule has 32 heavy (non-hydrogen) atoms. The molecule has 0 saturated heterocycles. The molecule has 8 heteroatoms. The summed E-state index contributed by atoms with van der Waals surface area (Å²) < 4.78 is 27.3. The summed E-state index contributed by atoms with van der Waals surface area (Å²) >= 11 is 0. The maximum absolute atomic E-state index is 12.6. The van der Waals surface area contributed by atoms with Crippen LogP contribution in [0.4, 0.5) is 11.5 Å². The molecule has 0 saturated carbocycles. The number of fused-ring (bicyclic) bond motifs is 1. The molecule has 0 aliphatic carbocycles. The molecule has 0 spiro atoms. The van der Waals surface area contributed by atoms with Crippen LogP contribution in [0.1, 0.15) is 6.92 Å². The van der Waals surface area contributed by atoms with Crippen molar-refractivity contribution in [1.29, 1.82) is 0 Å². The van der Waals surface area contributed by atoms with Crippen LogP contribution in [-0.4, -0.2) is 25.4 Å². The van der Waals surface area contributed by atoms with Crippen molar-refractivity contribution in [3.8, 4) is 11.1 Å². The van der Waals surface area contributed by atoms with Crippen LogP contribution in [0.25, 0.3) is 22.0 Å². The summed E-state index contributed by atoms with van der Waals surface area (Å²) in [6.07, 6.45) is 0. The molecule has 0 unspecified atom stereocenters. The second-order valence-electron chi connectivity index (χ2n) is 7.34. The maximum Gasteiger partial charge on any atom is 0.242 e. The Morgan fingerprint density at radius 3 is 2.28 bits per heavy atom. The number of rotatable bonds is 6. The zero-order chi connectivity index (χ0) is 22.7. The monoisotopic (exact) mass is 446 g/mol. The van der Waals surface area contributed by atoms with E-state index in [0.29, 0.717) is 17.0 Å². The van der Waals surface area contributed by atoms with Gasteiger partial charge in [-0.1, -0.05) is 48.5 Å². The normalized spacial score (nSPS) is 12.4. The first-order valence-corrected chi connectivity index (χ1v) is 11.5. The van der Waals surface area contributed by atoms with Crippen molar-refractivity contribution >= 4 is 38.3 Å². The lowest BCUT2D eigenvalue weighted by Crippen LogP contribution is -2.41. The van der Waals surface area contributed by atoms with Crippen LogP contribution in [0.2, 0.25) is 0 Å². The number of nitrogen functional groups attached to an aromatic ring is 1. The first-order valence-electron chi connectivity index (χ1n) is 9.97. The van der Waals surface area contributed by atoms with Crippen LogP contribution >= 0.6 is 0 Å². The highest BCUT2D eigenvalue weighted by atomic mass is 32.2. The Bertz CT molecular complexity index is 1370. The zero-order valence-corrected chi connectivity index (χ0v) is 18.1. The number of amides is 1. The summed E-state index contributed by atoms with van der Waals surface area (Å²) in [6, 6.07) is 23.8. The van der Waals surface area contributed by atoms with Crippen molar-refractivity contribution in [1.82, 2.24) is 9.71 Å². The Labute approximate surface area is 186 Å². The van der Waals surface area contributed by atoms with E-state index in [2.05, 4.69) is 15.0 Å². The van der Waals surface area contributed by atoms with Crippen LogP contribution in [0.15, 0.2) is 89.8 Å². The number of hydrogen-bond donors (Lipinski definition) is 3. The van der Waals surface area contributed by atoms with Crippen molar-refractivity contribution in [2.24, 2.45) is 0 Å². The molecule has 4 rings (SSSR count). The minimum Gasteiger partial charge on any atom is -0.383 e. The summed E-state index contributed by atoms with van der Waals surface area (Å²) in [5, 5.41) is 3.56. The molecule has 7 nitrogen and oxygen atoms in total. The number of aromatic nitrogens is 1. The molecule has 0 aliphatic rings. The number of carbonyl (C=O) groups is 1. The number of hydrogen-bond acceptors (Lipinski definition) is 5. The van der Waals surface area contributed by atoms with Gasteiger partial charge in [0.15, 0.2) is 0 Å². The number of pyridine rings is 1. The average Bonchev–Trinajstić information content (AvgIpc) is 2.79. The summed E-state index contributed by atoms with van der Waals surface area (Å²) in [5.74, 6) is -0.0556. The second-order valence-corrected chi connectivity index (χ2v) is 9.05. The summed E-state index contributed by atoms with van der Waals surface area (Å²) in [4.78, 5) is 17.2. The predicted molar refractivity (Wildman–Crippen MR) is 126 cm³/mol. The maximum atomic E-state index is 12.6. The summed E-state index contributed by atoms with van der Waals surface area (Å²) in [6.45, 7) is 1.49. The highest BCUT2D eigenvalue weighted by Crippen LogP contribution is 2.29. The van der Waals surface area contributed by atoms with E-state index in [4.69, 9.17) is 5.73 Å². The lowest BCUT2D eigenvalue weighted by atomic mass is 10.0. The average molecular weight is 447 g/mol. The minimum absolute atomic E-state index is 0.0995. The van der Waals surface area contributed by atoms with Gasteiger partial charge in [0.05, 0.1) is 16.5 Å². The van der Waals surface area contributed by atoms with E-state index in [0.717, 1.165) is 16.5 Å². The molecule has 3 aromatic carbocycles. The van der Waals surface area contributed by atoms with Crippen molar-refractivity contribution in [2.75, 3.05) is 11.1 Å². The molecule has 0 radical (unpaired) electrons. The molecule has 4 aromatic rings. The fraction of sp³-hybridized carbons (Fsp3) is 0.0833. The third kappa shape index (κ3) is 4.61. The Morgan fingerprint density at radius 2 is 1.59 bits per heavy atom. The molecular formula is C24H22N4O3S. The van der Waals surface area contributed by atoms with Crippen LogP contribution in [0.5, 0.6) is 0 Å². The smallest absolute Gasteiger partial charge is 0.242 e. The van der Waals surface area contributed by atoms with Crippen molar-refractivity contribution in [2.45, 2.75) is 17.9 Å². The third-order valence-corrected chi connectivity index (χ3v) is 6.53. The van der Waals surface area contributed by atoms with Gasteiger partial charge >= 0.3 is 0 Å². The Balaban J connectivity index is 1.54. The quantitative estimate of drug-likeness (QED) is 0.417. The van der Waals surface area contributed by atoms with Crippen molar-refractivity contribution in [3.63, 3.8) is 0 Å². The van der Waals surface area contributed by atoms with Gasteiger partial charge in [-0.05, 0) is 48.9 Å². The van der Waals surface area contributed by atoms with E-state index in [-0.39, 0.29) is 4.90 Å². The number of nitrogens with two attached hydrogens (primary N) is 1. The van der Waals surface area contributed by atoms with Gasteiger partial charge < -0.3 is 11.1 Å². The van der Waals surface area contributed by atoms with Gasteiger partial charge in [0.1, 0.15) is 5.82 Å². The molecule has 0 aliphatic heterocycles. The van der Waals surface area contributed by atoms with E-state index in [1.807, 2.05) is 36.4 Å². The van der Waals surface area contributed by atoms with Crippen LogP contribution < -0.4 is 15.8 Å². The number of sulfonamides is 1. The lowest BCUT2D eigenvalue weighted by molar-refractivity contribution is -0.117. The van der Waals surface area contributed by atoms with Gasteiger partial charge in [-0.3, -0.25) is 4.79 Å². The number of benzene rings is 3. The van der Waals surface area contributed by atoms with E-state index in [1.165, 1.54) is 19.1 Å². The van der Waals surface area contributed by atoms with Gasteiger partial charge in [0.2, 0.25) is 15.9 Å². The van der Waals surface area contributed by atoms with Gasteiger partial charge in [0.25, 0.3) is 0 Å². The van der Waals surface area contributed by atoms with Gasteiger partial charge in [-0.2, -0.15) is 4.72 Å². The molecule has 0 bridgehead atoms. The van der Waals surface area contributed by atoms with Crippen LogP contribution in [0, 0.1) is 0 Å². The van der Waals surface area contributed by atoms with Crippen LogP contribution in [0.3, 0.4) is 0 Å². The molecule has 1 aromatic heterocycles. The Hall–Kier alpha value is -3.75. The van der Waals surface area contributed by atoms with Crippen LogP contribution in [-0.2, 0) is 14.8 Å². The molecule has 1 atom stereocenters. The highest BCUT2D eigenvalue weighted by Gasteiger charge is 2.22. The molecule has 162 valence electrons. The SMILES string of the molecule is C[C@@H](NS(=O)(=O)c1ccccc1)C(=O)Nc1ccc2nc(N)c(-c3ccccc3)cc2c1. The van der Waals surface area contributed by atoms with Crippen molar-refractivity contribution < 1.29 is 13.2 Å². The first kappa shape index (κ1) is 21.5. The fourth-order valence-corrected chi connectivity index (χ4v) is 4.55. The van der Waals surface area contributed by atoms with Gasteiger partial charge in [-0.15, -0.1) is 0 Å². The van der Waals surface area contributed by atoms with Gasteiger partial charge in [-0.25, -0.2) is 13.4 Å². The second kappa shape index (κ2) is 8.78. The zero-order valence-electron chi connectivity index (χ0n) is 17.3. The van der Waals surface area contributed by atoms with E-state index < -0.39 is 22.0 Å². The topological polar surface area (TPSA) is 114 Å². The third-order valence-electron chi connectivity index (χ3n) is 4.98. The van der Waals surface area contributed by atoms with E-state index in [9.17, 15) is 13.2 Å². The Morgan fingerprint density at radius 1 is 0.938 bits per heavy atom. The largest absolute Gasteiger partial charge is 0.383 e. The molecule has 0 fully saturated rings. The number of carbonyl (C=O) groups excluding carboxylic acids is 1. The van der Waals surface area contributed by atoms with Crippen molar-refractivity contribution in [3.05, 3.63) is 84.9 Å². The van der Waals surface area contributed by atoms with E-state index in [1.54, 1.807) is 36.4 Å². The first-order chi connectivity index (χ1) is 15.3. The predicted octanol–water partition coefficient (Wildman–Crippen LogP) is 3.79. The van der Waals surface area contributed by atoms with Gasteiger partial charge in [0, 0.05) is 16.6 Å². The minimum atomic E-state index is -3.81. The summed E-state index contributed by atoms with van der Waals surface area (Å²) in [5.41, 5.74) is 9.10. The molecular weight excluding hydrogens is 424 g/mol. The molecule has 1 heterocycles. The Kier molecular flexibility index (Phi) is 5.89. The standard InChI is InChI=1S/C24H22N4O3S/c1-16(28-32(30,31)20-10-6-3-7-11-20)24(29)26-19-12-13-22-18(14-19)15-21(23(25)27-22)17-8-4-2-5-9-17/h2-16,28H,1H3,(H2,25,27)(H,26,29)/t16-/m1/s1. The highest BCUT2D eigenvalue weighted by molar-refractivity contribution is 7.89. The lowest BCUT2D eigenvalue weighted by Gasteiger charge is -2.15. The fourth-order valence-electron chi connectivity index (χ4n) is 3.32. The number of anilines is 2. The number of nitrogens with one attached hydrogen (secondary N) is 2. The number of nitrogens with zero attached hydrogens (tertiary/aromatic N) is 1. The van der Waals surface area contributed by atoms with E-state index >= 15 is 0 Å². The summed E-state index contributed by atoms with van der Waals surface area (Å²) in [7, 11) is -3.81. The molecule has 4 N–H and O–H groups in total. The molecule has 1 amide bonds.